The third-order valence-electron chi connectivity index (χ3n) is 3.68. The molecule has 0 aliphatic carbocycles. The minimum Gasteiger partial charge on any atom is -0.369 e. The number of aryl methyl sites for hydroxylation is 1. The highest BCUT2D eigenvalue weighted by Crippen LogP contribution is 2.36. The Morgan fingerprint density at radius 2 is 1.90 bits per heavy atom. The minimum atomic E-state index is 0.0167. The molecule has 0 bridgehead atoms. The Morgan fingerprint density at radius 1 is 1.14 bits per heavy atom. The van der Waals surface area contributed by atoms with Gasteiger partial charge in [0.1, 0.15) is 0 Å². The summed E-state index contributed by atoms with van der Waals surface area (Å²) in [5, 5.41) is 1.40. The number of hydrogen-bond acceptors (Lipinski definition) is 3. The number of nitrogens with two attached hydrogens (primary N) is 1. The van der Waals surface area contributed by atoms with Gasteiger partial charge in [-0.15, -0.1) is 0 Å². The lowest BCUT2D eigenvalue weighted by Crippen LogP contribution is -2.36. The van der Waals surface area contributed by atoms with Crippen molar-refractivity contribution in [2.24, 2.45) is 10.7 Å². The molecule has 0 radical (unpaired) electrons. The van der Waals surface area contributed by atoms with Gasteiger partial charge in [0.25, 0.3) is 0 Å². The zero-order chi connectivity index (χ0) is 15.0. The first-order valence-corrected chi connectivity index (χ1v) is 7.43. The van der Waals surface area contributed by atoms with Crippen molar-refractivity contribution in [1.82, 2.24) is 0 Å². The van der Waals surface area contributed by atoms with Crippen LogP contribution in [0, 0.1) is 6.92 Å². The Kier molecular flexibility index (Phi) is 3.79. The van der Waals surface area contributed by atoms with Crippen LogP contribution in [0.2, 0.25) is 10.0 Å². The summed E-state index contributed by atoms with van der Waals surface area (Å²) in [6.07, 6.45) is 0. The zero-order valence-electron chi connectivity index (χ0n) is 11.6. The minimum absolute atomic E-state index is 0.0167. The molecular formula is C16H15Cl2N3. The SMILES string of the molecule is Cc1ccc(C2CN=C(N)N2c2ccccc2Cl)cc1Cl. The van der Waals surface area contributed by atoms with Gasteiger partial charge in [0.15, 0.2) is 5.96 Å². The smallest absolute Gasteiger partial charge is 0.196 e. The molecule has 1 unspecified atom stereocenters. The molecule has 0 saturated heterocycles. The maximum atomic E-state index is 6.30. The van der Waals surface area contributed by atoms with Crippen molar-refractivity contribution in [2.45, 2.75) is 13.0 Å². The number of nitrogens with zero attached hydrogens (tertiary/aromatic N) is 2. The first-order valence-electron chi connectivity index (χ1n) is 6.67. The lowest BCUT2D eigenvalue weighted by molar-refractivity contribution is 0.768. The number of hydrogen-bond donors (Lipinski definition) is 1. The van der Waals surface area contributed by atoms with E-state index in [0.717, 1.165) is 21.8 Å². The van der Waals surface area contributed by atoms with E-state index in [2.05, 4.69) is 11.1 Å². The molecule has 2 aromatic rings. The number of benzene rings is 2. The average Bonchev–Trinajstić information content (AvgIpc) is 2.84. The fraction of sp³-hybridized carbons (Fsp3) is 0.188. The van der Waals surface area contributed by atoms with Crippen molar-refractivity contribution in [3.8, 4) is 0 Å². The summed E-state index contributed by atoms with van der Waals surface area (Å²) in [5.74, 6) is 0.477. The summed E-state index contributed by atoms with van der Waals surface area (Å²) < 4.78 is 0. The Hall–Kier alpha value is -1.71. The van der Waals surface area contributed by atoms with Gasteiger partial charge in [-0.25, -0.2) is 0 Å². The molecule has 108 valence electrons. The van der Waals surface area contributed by atoms with Crippen LogP contribution in [-0.2, 0) is 0 Å². The fourth-order valence-corrected chi connectivity index (χ4v) is 2.92. The van der Waals surface area contributed by atoms with Gasteiger partial charge in [-0.3, -0.25) is 4.99 Å². The second-order valence-electron chi connectivity index (χ2n) is 5.04. The standard InChI is InChI=1S/C16H15Cl2N3/c1-10-6-7-11(8-13(10)18)15-9-20-16(19)21(15)14-5-3-2-4-12(14)17/h2-8,15H,9H2,1H3,(H2,19,20). The number of anilines is 1. The number of para-hydroxylation sites is 1. The Labute approximate surface area is 134 Å². The number of halogens is 2. The van der Waals surface area contributed by atoms with Crippen LogP contribution in [0.1, 0.15) is 17.2 Å². The van der Waals surface area contributed by atoms with E-state index in [4.69, 9.17) is 28.9 Å². The highest BCUT2D eigenvalue weighted by Gasteiger charge is 2.30. The molecule has 5 heteroatoms. The van der Waals surface area contributed by atoms with Crippen LogP contribution in [0.4, 0.5) is 5.69 Å². The normalized spacial score (nSPS) is 18.0. The maximum Gasteiger partial charge on any atom is 0.196 e. The number of aliphatic imine (C=N–C) groups is 1. The molecular weight excluding hydrogens is 305 g/mol. The van der Waals surface area contributed by atoms with Gasteiger partial charge in [0, 0.05) is 5.02 Å². The molecule has 1 aliphatic rings. The van der Waals surface area contributed by atoms with E-state index in [9.17, 15) is 0 Å². The predicted octanol–water partition coefficient (Wildman–Crippen LogP) is 4.18. The van der Waals surface area contributed by atoms with E-state index in [-0.39, 0.29) is 6.04 Å². The van der Waals surface area contributed by atoms with Crippen LogP contribution in [-0.4, -0.2) is 12.5 Å². The number of rotatable bonds is 2. The van der Waals surface area contributed by atoms with Crippen LogP contribution in [0.25, 0.3) is 0 Å². The monoisotopic (exact) mass is 319 g/mol. The summed E-state index contributed by atoms with van der Waals surface area (Å²) in [7, 11) is 0. The number of guanidine groups is 1. The lowest BCUT2D eigenvalue weighted by atomic mass is 10.0. The fourth-order valence-electron chi connectivity index (χ4n) is 2.51. The van der Waals surface area contributed by atoms with Gasteiger partial charge in [0.2, 0.25) is 0 Å². The molecule has 2 aromatic carbocycles. The van der Waals surface area contributed by atoms with E-state index in [0.29, 0.717) is 17.5 Å². The molecule has 0 aromatic heterocycles. The Balaban J connectivity index is 2.03. The highest BCUT2D eigenvalue weighted by molar-refractivity contribution is 6.34. The van der Waals surface area contributed by atoms with E-state index >= 15 is 0 Å². The highest BCUT2D eigenvalue weighted by atomic mass is 35.5. The molecule has 1 heterocycles. The average molecular weight is 320 g/mol. The molecule has 0 fully saturated rings. The van der Waals surface area contributed by atoms with Gasteiger partial charge < -0.3 is 10.6 Å². The van der Waals surface area contributed by atoms with Gasteiger partial charge in [-0.1, -0.05) is 47.5 Å². The molecule has 0 saturated carbocycles. The van der Waals surface area contributed by atoms with Crippen LogP contribution in [0.5, 0.6) is 0 Å². The van der Waals surface area contributed by atoms with Gasteiger partial charge in [-0.05, 0) is 36.2 Å². The predicted molar refractivity (Wildman–Crippen MR) is 89.4 cm³/mol. The van der Waals surface area contributed by atoms with Crippen molar-refractivity contribution < 1.29 is 0 Å². The molecule has 1 aliphatic heterocycles. The largest absolute Gasteiger partial charge is 0.369 e. The summed E-state index contributed by atoms with van der Waals surface area (Å²) in [6, 6.07) is 13.7. The third kappa shape index (κ3) is 2.59. The van der Waals surface area contributed by atoms with Crippen molar-refractivity contribution in [3.05, 3.63) is 63.6 Å². The molecule has 0 amide bonds. The lowest BCUT2D eigenvalue weighted by Gasteiger charge is -2.27. The summed E-state index contributed by atoms with van der Waals surface area (Å²) in [6.45, 7) is 2.58. The Morgan fingerprint density at radius 3 is 2.62 bits per heavy atom. The van der Waals surface area contributed by atoms with Crippen LogP contribution < -0.4 is 10.6 Å². The topological polar surface area (TPSA) is 41.6 Å². The van der Waals surface area contributed by atoms with Crippen molar-refractivity contribution in [2.75, 3.05) is 11.4 Å². The van der Waals surface area contributed by atoms with E-state index < -0.39 is 0 Å². The molecule has 2 N–H and O–H groups in total. The van der Waals surface area contributed by atoms with Crippen LogP contribution in [0.3, 0.4) is 0 Å². The van der Waals surface area contributed by atoms with Crippen LogP contribution in [0.15, 0.2) is 47.5 Å². The summed E-state index contributed by atoms with van der Waals surface area (Å²) >= 11 is 12.5. The van der Waals surface area contributed by atoms with E-state index in [1.54, 1.807) is 0 Å². The summed E-state index contributed by atoms with van der Waals surface area (Å²) in [5.41, 5.74) is 9.05. The molecule has 3 rings (SSSR count). The molecule has 21 heavy (non-hydrogen) atoms. The zero-order valence-corrected chi connectivity index (χ0v) is 13.1. The first-order chi connectivity index (χ1) is 10.1. The Bertz CT molecular complexity index is 712. The van der Waals surface area contributed by atoms with Gasteiger partial charge >= 0.3 is 0 Å². The second kappa shape index (κ2) is 5.58. The van der Waals surface area contributed by atoms with Crippen molar-refractivity contribution in [3.63, 3.8) is 0 Å². The quantitative estimate of drug-likeness (QED) is 0.902. The van der Waals surface area contributed by atoms with Crippen LogP contribution >= 0.6 is 23.2 Å². The molecule has 0 spiro atoms. The van der Waals surface area contributed by atoms with Gasteiger partial charge in [-0.2, -0.15) is 0 Å². The van der Waals surface area contributed by atoms with E-state index in [1.807, 2.05) is 48.2 Å². The molecule has 1 atom stereocenters. The van der Waals surface area contributed by atoms with Crippen molar-refractivity contribution in [1.29, 1.82) is 0 Å². The second-order valence-corrected chi connectivity index (χ2v) is 5.86. The van der Waals surface area contributed by atoms with Crippen molar-refractivity contribution >= 4 is 34.8 Å². The molecule has 3 nitrogen and oxygen atoms in total. The summed E-state index contributed by atoms with van der Waals surface area (Å²) in [4.78, 5) is 6.33. The van der Waals surface area contributed by atoms with E-state index in [1.165, 1.54) is 0 Å². The third-order valence-corrected chi connectivity index (χ3v) is 4.40. The first kappa shape index (κ1) is 14.2. The maximum absolute atomic E-state index is 6.30. The van der Waals surface area contributed by atoms with Gasteiger partial charge in [0.05, 0.1) is 23.3 Å².